The first-order chi connectivity index (χ1) is 13.1. The molecule has 0 N–H and O–H groups in total. The van der Waals surface area contributed by atoms with Gasteiger partial charge in [-0.3, -0.25) is 0 Å². The number of carbonyl (C=O) groups excluding carboxylic acids is 1. The Balaban J connectivity index is 1.98. The Morgan fingerprint density at radius 1 is 0.926 bits per heavy atom. The Morgan fingerprint density at radius 2 is 1.48 bits per heavy atom. The van der Waals surface area contributed by atoms with Crippen LogP contribution in [-0.4, -0.2) is 23.0 Å². The lowest BCUT2D eigenvalue weighted by molar-refractivity contribution is 0.0601. The topological polar surface area (TPSA) is 52.1 Å². The Labute approximate surface area is 171 Å². The zero-order chi connectivity index (χ0) is 19.6. The van der Waals surface area contributed by atoms with Crippen LogP contribution < -0.4 is 0 Å². The monoisotopic (exact) mass is 408 g/mol. The number of halogens is 2. The second-order valence-corrected chi connectivity index (χ2v) is 7.26. The minimum atomic E-state index is -0.386. The van der Waals surface area contributed by atoms with Crippen LogP contribution in [0.2, 0.25) is 10.3 Å². The van der Waals surface area contributed by atoms with Crippen molar-refractivity contribution in [2.45, 2.75) is 58.3 Å². The smallest absolute Gasteiger partial charge is 0.337 e. The third-order valence-corrected chi connectivity index (χ3v) is 5.13. The van der Waals surface area contributed by atoms with E-state index in [-0.39, 0.29) is 5.97 Å². The van der Waals surface area contributed by atoms with Gasteiger partial charge in [0.2, 0.25) is 0 Å². The predicted octanol–water partition coefficient (Wildman–Crippen LogP) is 6.53. The maximum atomic E-state index is 11.5. The Bertz CT molecular complexity index is 725. The van der Waals surface area contributed by atoms with Crippen molar-refractivity contribution >= 4 is 29.2 Å². The van der Waals surface area contributed by atoms with Crippen LogP contribution in [0.5, 0.6) is 0 Å². The van der Waals surface area contributed by atoms with Gasteiger partial charge in [-0.1, -0.05) is 80.8 Å². The third-order valence-electron chi connectivity index (χ3n) is 4.50. The number of benzene rings is 1. The summed E-state index contributed by atoms with van der Waals surface area (Å²) >= 11 is 12.7. The van der Waals surface area contributed by atoms with E-state index in [1.165, 1.54) is 39.2 Å². The minimum Gasteiger partial charge on any atom is -0.465 e. The maximum Gasteiger partial charge on any atom is 0.337 e. The van der Waals surface area contributed by atoms with Crippen molar-refractivity contribution in [3.05, 3.63) is 45.7 Å². The van der Waals surface area contributed by atoms with E-state index in [0.717, 1.165) is 30.4 Å². The lowest BCUT2D eigenvalue weighted by Crippen LogP contribution is -2.01. The van der Waals surface area contributed by atoms with Crippen molar-refractivity contribution < 1.29 is 9.53 Å². The third kappa shape index (κ3) is 6.47. The van der Waals surface area contributed by atoms with Gasteiger partial charge in [0, 0.05) is 11.1 Å². The molecule has 0 aliphatic heterocycles. The van der Waals surface area contributed by atoms with Crippen LogP contribution in [0.25, 0.3) is 11.4 Å². The van der Waals surface area contributed by atoms with E-state index in [1.54, 1.807) is 24.3 Å². The first kappa shape index (κ1) is 21.6. The van der Waals surface area contributed by atoms with E-state index in [1.807, 2.05) is 0 Å². The van der Waals surface area contributed by atoms with Gasteiger partial charge in [0.15, 0.2) is 5.82 Å². The molecule has 1 aromatic carbocycles. The fourth-order valence-corrected chi connectivity index (χ4v) is 3.48. The maximum absolute atomic E-state index is 11.5. The first-order valence-electron chi connectivity index (χ1n) is 9.47. The fraction of sp³-hybridized carbons (Fsp3) is 0.476. The molecule has 0 bridgehead atoms. The molecule has 0 aliphatic rings. The normalized spacial score (nSPS) is 10.8. The van der Waals surface area contributed by atoms with Crippen molar-refractivity contribution in [2.75, 3.05) is 7.11 Å². The Kier molecular flexibility index (Phi) is 9.02. The number of carbonyl (C=O) groups is 1. The van der Waals surface area contributed by atoms with Crippen LogP contribution in [0.3, 0.4) is 0 Å². The molecular weight excluding hydrogens is 383 g/mol. The molecule has 146 valence electrons. The standard InChI is InChI=1S/C21H26Cl2N2O2/c1-3-4-5-6-7-8-9-10-17-18(22)24-20(25-19(17)23)15-11-13-16(14-12-15)21(26)27-2/h11-14H,3-10H2,1-2H3. The molecule has 0 saturated heterocycles. The van der Waals surface area contributed by atoms with Crippen molar-refractivity contribution in [3.8, 4) is 11.4 Å². The first-order valence-corrected chi connectivity index (χ1v) is 10.2. The zero-order valence-electron chi connectivity index (χ0n) is 15.9. The molecule has 0 unspecified atom stereocenters. The molecule has 0 saturated carbocycles. The van der Waals surface area contributed by atoms with Crippen LogP contribution >= 0.6 is 23.2 Å². The summed E-state index contributed by atoms with van der Waals surface area (Å²) in [5, 5.41) is 0.793. The van der Waals surface area contributed by atoms with Crippen molar-refractivity contribution in [1.29, 1.82) is 0 Å². The molecule has 4 nitrogen and oxygen atoms in total. The van der Waals surface area contributed by atoms with Gasteiger partial charge in [-0.15, -0.1) is 0 Å². The van der Waals surface area contributed by atoms with E-state index in [9.17, 15) is 4.79 Å². The van der Waals surface area contributed by atoms with Crippen LogP contribution in [0.4, 0.5) is 0 Å². The summed E-state index contributed by atoms with van der Waals surface area (Å²) in [7, 11) is 1.35. The van der Waals surface area contributed by atoms with Crippen molar-refractivity contribution in [2.24, 2.45) is 0 Å². The number of aromatic nitrogens is 2. The van der Waals surface area contributed by atoms with Gasteiger partial charge < -0.3 is 4.74 Å². The highest BCUT2D eigenvalue weighted by atomic mass is 35.5. The van der Waals surface area contributed by atoms with E-state index in [2.05, 4.69) is 16.9 Å². The van der Waals surface area contributed by atoms with Gasteiger partial charge in [0.1, 0.15) is 10.3 Å². The molecule has 1 aromatic heterocycles. The molecule has 6 heteroatoms. The van der Waals surface area contributed by atoms with Gasteiger partial charge >= 0.3 is 5.97 Å². The van der Waals surface area contributed by atoms with Crippen LogP contribution in [0.15, 0.2) is 24.3 Å². The van der Waals surface area contributed by atoms with E-state index in [0.29, 0.717) is 21.7 Å². The molecular formula is C21H26Cl2N2O2. The molecule has 2 aromatic rings. The molecule has 0 atom stereocenters. The average Bonchev–Trinajstić information content (AvgIpc) is 2.68. The zero-order valence-corrected chi connectivity index (χ0v) is 17.4. The van der Waals surface area contributed by atoms with E-state index < -0.39 is 0 Å². The molecule has 0 spiro atoms. The van der Waals surface area contributed by atoms with Gasteiger partial charge in [-0.05, 0) is 25.0 Å². The number of unbranched alkanes of at least 4 members (excludes halogenated alkanes) is 6. The number of methoxy groups -OCH3 is 1. The second-order valence-electron chi connectivity index (χ2n) is 6.55. The molecule has 27 heavy (non-hydrogen) atoms. The highest BCUT2D eigenvalue weighted by Gasteiger charge is 2.13. The number of esters is 1. The average molecular weight is 409 g/mol. The summed E-state index contributed by atoms with van der Waals surface area (Å²) in [6.45, 7) is 2.22. The molecule has 0 radical (unpaired) electrons. The van der Waals surface area contributed by atoms with Gasteiger partial charge in [0.05, 0.1) is 12.7 Å². The van der Waals surface area contributed by atoms with Gasteiger partial charge in [0.25, 0.3) is 0 Å². The minimum absolute atomic E-state index is 0.386. The summed E-state index contributed by atoms with van der Waals surface area (Å²) in [5.41, 5.74) is 2.02. The lowest BCUT2D eigenvalue weighted by Gasteiger charge is -2.09. The second kappa shape index (κ2) is 11.3. The quantitative estimate of drug-likeness (QED) is 0.254. The van der Waals surface area contributed by atoms with Gasteiger partial charge in [-0.25, -0.2) is 14.8 Å². The lowest BCUT2D eigenvalue weighted by atomic mass is 10.1. The van der Waals surface area contributed by atoms with Crippen LogP contribution in [-0.2, 0) is 11.2 Å². The summed E-state index contributed by atoms with van der Waals surface area (Å²) in [6, 6.07) is 6.84. The Morgan fingerprint density at radius 3 is 2.04 bits per heavy atom. The molecule has 0 aliphatic carbocycles. The van der Waals surface area contributed by atoms with Crippen LogP contribution in [0.1, 0.15) is 67.8 Å². The number of ether oxygens (including phenoxy) is 1. The highest BCUT2D eigenvalue weighted by molar-refractivity contribution is 6.34. The molecule has 0 amide bonds. The number of hydrogen-bond acceptors (Lipinski definition) is 4. The fourth-order valence-electron chi connectivity index (χ4n) is 2.90. The highest BCUT2D eigenvalue weighted by Crippen LogP contribution is 2.27. The molecule has 2 rings (SSSR count). The van der Waals surface area contributed by atoms with Crippen molar-refractivity contribution in [3.63, 3.8) is 0 Å². The number of hydrogen-bond donors (Lipinski definition) is 0. The largest absolute Gasteiger partial charge is 0.465 e. The summed E-state index contributed by atoms with van der Waals surface area (Å²) < 4.78 is 4.70. The van der Waals surface area contributed by atoms with Crippen molar-refractivity contribution in [1.82, 2.24) is 9.97 Å². The van der Waals surface area contributed by atoms with E-state index in [4.69, 9.17) is 27.9 Å². The number of rotatable bonds is 10. The summed E-state index contributed by atoms with van der Waals surface area (Å²) in [4.78, 5) is 20.3. The molecule has 0 fully saturated rings. The Hall–Kier alpha value is -1.65. The van der Waals surface area contributed by atoms with Gasteiger partial charge in [-0.2, -0.15) is 0 Å². The number of nitrogens with zero attached hydrogens (tertiary/aromatic N) is 2. The van der Waals surface area contributed by atoms with Crippen LogP contribution in [0, 0.1) is 0 Å². The van der Waals surface area contributed by atoms with E-state index >= 15 is 0 Å². The molecule has 1 heterocycles. The SMILES string of the molecule is CCCCCCCCCc1c(Cl)nc(-c2ccc(C(=O)OC)cc2)nc1Cl. The summed E-state index contributed by atoms with van der Waals surface area (Å²) in [6.07, 6.45) is 9.38. The predicted molar refractivity (Wildman–Crippen MR) is 111 cm³/mol. The summed E-state index contributed by atoms with van der Waals surface area (Å²) in [5.74, 6) is 0.0632.